The number of carbonyl (C=O) groups is 1. The zero-order valence-electron chi connectivity index (χ0n) is 12.8. The van der Waals surface area contributed by atoms with Crippen molar-refractivity contribution in [3.8, 4) is 0 Å². The zero-order chi connectivity index (χ0) is 14.8. The second-order valence-corrected chi connectivity index (χ2v) is 6.28. The van der Waals surface area contributed by atoms with Crippen LogP contribution in [0, 0.1) is 0 Å². The van der Waals surface area contributed by atoms with Crippen LogP contribution in [-0.4, -0.2) is 40.4 Å². The molecule has 1 saturated heterocycles. The number of ether oxygens (including phenoxy) is 1. The summed E-state index contributed by atoms with van der Waals surface area (Å²) in [5, 5.41) is 10.5. The van der Waals surface area contributed by atoms with E-state index >= 15 is 0 Å². The van der Waals surface area contributed by atoms with Crippen molar-refractivity contribution in [3.63, 3.8) is 0 Å². The highest BCUT2D eigenvalue weighted by molar-refractivity contribution is 5.70. The largest absolute Gasteiger partial charge is 0.444 e. The van der Waals surface area contributed by atoms with Gasteiger partial charge in [0, 0.05) is 0 Å². The molecule has 1 heterocycles. The van der Waals surface area contributed by atoms with Crippen LogP contribution in [0.4, 0.5) is 4.79 Å². The van der Waals surface area contributed by atoms with Gasteiger partial charge in [-0.25, -0.2) is 4.79 Å². The van der Waals surface area contributed by atoms with E-state index in [-0.39, 0.29) is 19.2 Å². The van der Waals surface area contributed by atoms with E-state index < -0.39 is 11.2 Å². The zero-order valence-corrected chi connectivity index (χ0v) is 12.8. The Balaban J connectivity index is 2.70. The van der Waals surface area contributed by atoms with Gasteiger partial charge in [-0.15, -0.1) is 0 Å². The molecule has 0 aromatic rings. The van der Waals surface area contributed by atoms with E-state index in [1.807, 2.05) is 53.7 Å². The van der Waals surface area contributed by atoms with E-state index in [9.17, 15) is 9.90 Å². The van der Waals surface area contributed by atoms with Crippen LogP contribution < -0.4 is 0 Å². The van der Waals surface area contributed by atoms with Crippen LogP contribution in [0.2, 0.25) is 0 Å². The van der Waals surface area contributed by atoms with E-state index in [2.05, 4.69) is 0 Å². The summed E-state index contributed by atoms with van der Waals surface area (Å²) in [6, 6.07) is 0. The molecule has 19 heavy (non-hydrogen) atoms. The molecule has 1 rings (SSSR count). The Labute approximate surface area is 115 Å². The van der Waals surface area contributed by atoms with Crippen LogP contribution in [0.25, 0.3) is 0 Å². The van der Waals surface area contributed by atoms with Crippen LogP contribution in [0.15, 0.2) is 23.3 Å². The van der Waals surface area contributed by atoms with E-state index in [1.54, 1.807) is 0 Å². The van der Waals surface area contributed by atoms with Crippen molar-refractivity contribution in [3.05, 3.63) is 23.3 Å². The minimum Gasteiger partial charge on any atom is -0.444 e. The van der Waals surface area contributed by atoms with Crippen molar-refractivity contribution >= 4 is 6.09 Å². The SMILES string of the molecule is C/C=C\C(=C(C)C)C1(O)CN(C(=O)OC(C)(C)C)C1. The third-order valence-electron chi connectivity index (χ3n) is 2.93. The highest BCUT2D eigenvalue weighted by Crippen LogP contribution is 2.32. The lowest BCUT2D eigenvalue weighted by atomic mass is 9.83. The number of hydrogen-bond acceptors (Lipinski definition) is 3. The summed E-state index contributed by atoms with van der Waals surface area (Å²) < 4.78 is 5.28. The van der Waals surface area contributed by atoms with Gasteiger partial charge < -0.3 is 14.7 Å². The molecule has 4 nitrogen and oxygen atoms in total. The number of hydrogen-bond donors (Lipinski definition) is 1. The average molecular weight is 267 g/mol. The minimum atomic E-state index is -0.942. The molecular weight excluding hydrogens is 242 g/mol. The van der Waals surface area contributed by atoms with Crippen molar-refractivity contribution in [2.24, 2.45) is 0 Å². The van der Waals surface area contributed by atoms with Gasteiger partial charge in [-0.05, 0) is 47.1 Å². The van der Waals surface area contributed by atoms with Crippen LogP contribution in [-0.2, 0) is 4.74 Å². The number of aliphatic hydroxyl groups is 1. The lowest BCUT2D eigenvalue weighted by Crippen LogP contribution is -2.64. The summed E-state index contributed by atoms with van der Waals surface area (Å²) in [6.45, 7) is 11.9. The predicted octanol–water partition coefficient (Wildman–Crippen LogP) is 2.88. The van der Waals surface area contributed by atoms with Crippen LogP contribution in [0.1, 0.15) is 41.5 Å². The first-order valence-electron chi connectivity index (χ1n) is 6.60. The molecule has 0 saturated carbocycles. The standard InChI is InChI=1S/C15H25NO3/c1-7-8-12(11(2)3)15(18)9-16(10-15)13(17)19-14(4,5)6/h7-8,18H,9-10H2,1-6H3/b8-7-. The second kappa shape index (κ2) is 5.37. The maximum absolute atomic E-state index is 11.8. The van der Waals surface area contributed by atoms with E-state index in [0.717, 1.165) is 11.1 Å². The lowest BCUT2D eigenvalue weighted by Gasteiger charge is -2.47. The molecule has 0 unspecified atom stereocenters. The van der Waals surface area contributed by atoms with Gasteiger partial charge in [0.05, 0.1) is 13.1 Å². The molecule has 1 aliphatic rings. The predicted molar refractivity (Wildman–Crippen MR) is 75.9 cm³/mol. The number of β-amino-alcohol motifs (C(OH)–C–C–N with tert-alkyl or cyclic N) is 1. The number of allylic oxidation sites excluding steroid dienone is 2. The van der Waals surface area contributed by atoms with Gasteiger partial charge in [0.2, 0.25) is 0 Å². The molecule has 0 aromatic heterocycles. The van der Waals surface area contributed by atoms with Crippen molar-refractivity contribution in [1.82, 2.24) is 4.90 Å². The molecule has 1 fully saturated rings. The average Bonchev–Trinajstić information content (AvgIpc) is 2.18. The molecule has 0 aromatic carbocycles. The van der Waals surface area contributed by atoms with Gasteiger partial charge in [0.1, 0.15) is 11.2 Å². The molecule has 4 heteroatoms. The van der Waals surface area contributed by atoms with E-state index in [4.69, 9.17) is 4.74 Å². The quantitative estimate of drug-likeness (QED) is 0.783. The molecule has 1 N–H and O–H groups in total. The second-order valence-electron chi connectivity index (χ2n) is 6.28. The Hall–Kier alpha value is -1.29. The molecule has 0 spiro atoms. The summed E-state index contributed by atoms with van der Waals surface area (Å²) in [6.07, 6.45) is 3.43. The van der Waals surface area contributed by atoms with E-state index in [0.29, 0.717) is 0 Å². The Morgan fingerprint density at radius 3 is 2.21 bits per heavy atom. The third-order valence-corrected chi connectivity index (χ3v) is 2.93. The summed E-state index contributed by atoms with van der Waals surface area (Å²) in [5.41, 5.74) is 0.495. The summed E-state index contributed by atoms with van der Waals surface area (Å²) in [4.78, 5) is 13.4. The van der Waals surface area contributed by atoms with Gasteiger partial charge in [-0.3, -0.25) is 0 Å². The molecule has 0 aliphatic carbocycles. The first-order valence-corrected chi connectivity index (χ1v) is 6.60. The number of likely N-dealkylation sites (tertiary alicyclic amines) is 1. The number of amides is 1. The molecule has 108 valence electrons. The fourth-order valence-electron chi connectivity index (χ4n) is 2.16. The smallest absolute Gasteiger partial charge is 0.410 e. The highest BCUT2D eigenvalue weighted by atomic mass is 16.6. The van der Waals surface area contributed by atoms with Gasteiger partial charge in [-0.2, -0.15) is 0 Å². The highest BCUT2D eigenvalue weighted by Gasteiger charge is 2.47. The maximum Gasteiger partial charge on any atom is 0.410 e. The maximum atomic E-state index is 11.8. The normalized spacial score (nSPS) is 18.2. The van der Waals surface area contributed by atoms with Crippen LogP contribution in [0.5, 0.6) is 0 Å². The van der Waals surface area contributed by atoms with Gasteiger partial charge in [0.25, 0.3) is 0 Å². The number of nitrogens with zero attached hydrogens (tertiary/aromatic N) is 1. The Bertz CT molecular complexity index is 406. The van der Waals surface area contributed by atoms with Crippen molar-refractivity contribution in [2.75, 3.05) is 13.1 Å². The minimum absolute atomic E-state index is 0.284. The number of rotatable bonds is 2. The van der Waals surface area contributed by atoms with Crippen molar-refractivity contribution in [1.29, 1.82) is 0 Å². The molecular formula is C15H25NO3. The lowest BCUT2D eigenvalue weighted by molar-refractivity contribution is -0.0742. The molecule has 0 radical (unpaired) electrons. The Morgan fingerprint density at radius 2 is 1.84 bits per heavy atom. The fraction of sp³-hybridized carbons (Fsp3) is 0.667. The first kappa shape index (κ1) is 15.8. The van der Waals surface area contributed by atoms with Crippen LogP contribution >= 0.6 is 0 Å². The van der Waals surface area contributed by atoms with E-state index in [1.165, 1.54) is 4.90 Å². The first-order chi connectivity index (χ1) is 8.59. The summed E-state index contributed by atoms with van der Waals surface area (Å²) >= 11 is 0. The van der Waals surface area contributed by atoms with Gasteiger partial charge in [0.15, 0.2) is 0 Å². The van der Waals surface area contributed by atoms with Crippen molar-refractivity contribution in [2.45, 2.75) is 52.7 Å². The van der Waals surface area contributed by atoms with Crippen molar-refractivity contribution < 1.29 is 14.6 Å². The fourth-order valence-corrected chi connectivity index (χ4v) is 2.16. The molecule has 1 amide bonds. The summed E-state index contributed by atoms with van der Waals surface area (Å²) in [7, 11) is 0. The summed E-state index contributed by atoms with van der Waals surface area (Å²) in [5.74, 6) is 0. The number of carbonyl (C=O) groups excluding carboxylic acids is 1. The Morgan fingerprint density at radius 1 is 1.32 bits per heavy atom. The van der Waals surface area contributed by atoms with Crippen LogP contribution in [0.3, 0.4) is 0 Å². The molecule has 1 aliphatic heterocycles. The van der Waals surface area contributed by atoms with Gasteiger partial charge in [-0.1, -0.05) is 17.7 Å². The third kappa shape index (κ3) is 3.83. The Kier molecular flexibility index (Phi) is 4.46. The monoisotopic (exact) mass is 267 g/mol. The topological polar surface area (TPSA) is 49.8 Å². The molecule has 0 bridgehead atoms. The van der Waals surface area contributed by atoms with Gasteiger partial charge >= 0.3 is 6.09 Å². The molecule has 0 atom stereocenters.